The lowest BCUT2D eigenvalue weighted by Crippen LogP contribution is -2.31. The lowest BCUT2D eigenvalue weighted by atomic mass is 9.98. The molecule has 1 saturated carbocycles. The smallest absolute Gasteiger partial charge is 0.253 e. The molecule has 1 aromatic carbocycles. The fourth-order valence-electron chi connectivity index (χ4n) is 3.81. The summed E-state index contributed by atoms with van der Waals surface area (Å²) in [6.45, 7) is 5.12. The van der Waals surface area contributed by atoms with Crippen molar-refractivity contribution >= 4 is 16.7 Å². The van der Waals surface area contributed by atoms with E-state index in [1.807, 2.05) is 26.0 Å². The van der Waals surface area contributed by atoms with Gasteiger partial charge in [0.25, 0.3) is 5.56 Å². The van der Waals surface area contributed by atoms with E-state index in [4.69, 9.17) is 0 Å². The van der Waals surface area contributed by atoms with Gasteiger partial charge in [-0.15, -0.1) is 0 Å². The molecule has 0 unspecified atom stereocenters. The zero-order valence-electron chi connectivity index (χ0n) is 16.7. The van der Waals surface area contributed by atoms with Crippen LogP contribution in [-0.4, -0.2) is 21.2 Å². The fourth-order valence-corrected chi connectivity index (χ4v) is 3.81. The van der Waals surface area contributed by atoms with Gasteiger partial charge in [-0.3, -0.25) is 4.79 Å². The number of nitrogens with one attached hydrogen (secondary N) is 1. The molecule has 3 aromatic rings. The zero-order chi connectivity index (χ0) is 20.8. The summed E-state index contributed by atoms with van der Waals surface area (Å²) >= 11 is 0. The Morgan fingerprint density at radius 2 is 2.10 bits per heavy atom. The normalized spacial score (nSPS) is 15.7. The molecule has 148 valence electrons. The summed E-state index contributed by atoms with van der Waals surface area (Å²) < 4.78 is 15.1. The lowest BCUT2D eigenvalue weighted by Gasteiger charge is -2.20. The minimum atomic E-state index is -0.725. The number of benzene rings is 1. The number of alkyl halides is 1. The van der Waals surface area contributed by atoms with Crippen LogP contribution in [0.15, 0.2) is 35.3 Å². The molecule has 0 saturated heterocycles. The van der Waals surface area contributed by atoms with Crippen molar-refractivity contribution in [2.24, 2.45) is 0 Å². The molecule has 0 radical (unpaired) electrons. The van der Waals surface area contributed by atoms with Crippen molar-refractivity contribution < 1.29 is 4.39 Å². The Kier molecular flexibility index (Phi) is 4.58. The summed E-state index contributed by atoms with van der Waals surface area (Å²) in [6, 6.07) is 9.16. The molecular weight excluding hydrogens is 369 g/mol. The van der Waals surface area contributed by atoms with Gasteiger partial charge in [0.15, 0.2) is 0 Å². The second-order valence-electron chi connectivity index (χ2n) is 7.76. The van der Waals surface area contributed by atoms with Crippen LogP contribution in [0.4, 0.5) is 10.2 Å². The second-order valence-corrected chi connectivity index (χ2v) is 7.76. The average Bonchev–Trinajstić information content (AvgIpc) is 3.48. The maximum atomic E-state index is 13.6. The molecule has 6 nitrogen and oxygen atoms in total. The van der Waals surface area contributed by atoms with Crippen molar-refractivity contribution in [2.75, 3.05) is 12.0 Å². The number of hydrogen-bond acceptors (Lipinski definition) is 5. The number of hydrogen-bond donors (Lipinski definition) is 1. The first kappa shape index (κ1) is 19.1. The van der Waals surface area contributed by atoms with Crippen molar-refractivity contribution in [3.8, 4) is 6.07 Å². The summed E-state index contributed by atoms with van der Waals surface area (Å²) in [5.41, 5.74) is 2.09. The quantitative estimate of drug-likeness (QED) is 0.713. The summed E-state index contributed by atoms with van der Waals surface area (Å²) in [4.78, 5) is 21.5. The van der Waals surface area contributed by atoms with Gasteiger partial charge in [-0.25, -0.2) is 14.4 Å². The Hall–Kier alpha value is -3.27. The van der Waals surface area contributed by atoms with Gasteiger partial charge in [0.05, 0.1) is 34.1 Å². The monoisotopic (exact) mass is 391 g/mol. The van der Waals surface area contributed by atoms with Crippen LogP contribution < -0.4 is 10.9 Å². The number of anilines is 1. The standard InChI is InChI=1S/C22H22FN5O/c1-13-16(10-24)5-4-6-17(13)14(2)25-21-18-11-28(22(12-23)7-8-22)20(29)9-19(18)26-15(3)27-21/h4-6,9,11,14H,7-8,12H2,1-3H3,(H,25,26,27)/t14-/m1/s1. The van der Waals surface area contributed by atoms with E-state index < -0.39 is 12.2 Å². The molecule has 2 heterocycles. The summed E-state index contributed by atoms with van der Waals surface area (Å²) in [7, 11) is 0. The first-order valence-corrected chi connectivity index (χ1v) is 9.62. The number of aromatic nitrogens is 3. The molecule has 0 bridgehead atoms. The number of aryl methyl sites for hydroxylation is 1. The number of rotatable bonds is 5. The van der Waals surface area contributed by atoms with Crippen LogP contribution in [0.3, 0.4) is 0 Å². The van der Waals surface area contributed by atoms with E-state index in [2.05, 4.69) is 21.4 Å². The third-order valence-corrected chi connectivity index (χ3v) is 5.75. The van der Waals surface area contributed by atoms with E-state index in [0.717, 1.165) is 11.1 Å². The number of halogens is 1. The number of fused-ring (bicyclic) bond motifs is 1. The van der Waals surface area contributed by atoms with Gasteiger partial charge in [-0.1, -0.05) is 12.1 Å². The van der Waals surface area contributed by atoms with E-state index in [1.54, 1.807) is 19.2 Å². The minimum absolute atomic E-state index is 0.128. The SMILES string of the molecule is Cc1nc(N[C@H](C)c2cccc(C#N)c2C)c2cn(C3(CF)CC3)c(=O)cc2n1. The van der Waals surface area contributed by atoms with E-state index in [9.17, 15) is 14.4 Å². The minimum Gasteiger partial charge on any atom is -0.363 e. The van der Waals surface area contributed by atoms with Crippen molar-refractivity contribution in [1.82, 2.24) is 14.5 Å². The molecule has 29 heavy (non-hydrogen) atoms. The van der Waals surface area contributed by atoms with Crippen LogP contribution >= 0.6 is 0 Å². The summed E-state index contributed by atoms with van der Waals surface area (Å²) in [6.07, 6.45) is 2.99. The Bertz CT molecular complexity index is 1210. The molecule has 0 spiro atoms. The van der Waals surface area contributed by atoms with Crippen LogP contribution in [0.5, 0.6) is 0 Å². The molecule has 7 heteroatoms. The third-order valence-electron chi connectivity index (χ3n) is 5.75. The molecular formula is C22H22FN5O. The molecule has 0 amide bonds. The summed E-state index contributed by atoms with van der Waals surface area (Å²) in [5, 5.41) is 13.4. The summed E-state index contributed by atoms with van der Waals surface area (Å²) in [5.74, 6) is 1.13. The maximum Gasteiger partial charge on any atom is 0.253 e. The molecule has 4 rings (SSSR count). The predicted molar refractivity (Wildman–Crippen MR) is 110 cm³/mol. The molecule has 1 aliphatic carbocycles. The molecule has 1 N–H and O–H groups in total. The lowest BCUT2D eigenvalue weighted by molar-refractivity contribution is 0.331. The van der Waals surface area contributed by atoms with Gasteiger partial charge in [-0.2, -0.15) is 5.26 Å². The Morgan fingerprint density at radius 3 is 2.76 bits per heavy atom. The first-order valence-electron chi connectivity index (χ1n) is 9.62. The van der Waals surface area contributed by atoms with Crippen LogP contribution in [0.2, 0.25) is 0 Å². The van der Waals surface area contributed by atoms with E-state index in [1.165, 1.54) is 10.6 Å². The van der Waals surface area contributed by atoms with Crippen molar-refractivity contribution in [3.05, 3.63) is 63.3 Å². The number of nitrogens with zero attached hydrogens (tertiary/aromatic N) is 4. The highest BCUT2D eigenvalue weighted by atomic mass is 19.1. The second kappa shape index (κ2) is 6.96. The van der Waals surface area contributed by atoms with Gasteiger partial charge in [0.1, 0.15) is 18.3 Å². The number of pyridine rings is 1. The molecule has 1 fully saturated rings. The van der Waals surface area contributed by atoms with Gasteiger partial charge in [-0.05, 0) is 50.8 Å². The van der Waals surface area contributed by atoms with Crippen LogP contribution in [0, 0.1) is 25.2 Å². The molecule has 1 atom stereocenters. The average molecular weight is 391 g/mol. The van der Waals surface area contributed by atoms with Crippen LogP contribution in [0.1, 0.15) is 48.3 Å². The predicted octanol–water partition coefficient (Wildman–Crippen LogP) is 3.91. The largest absolute Gasteiger partial charge is 0.363 e. The highest BCUT2D eigenvalue weighted by molar-refractivity contribution is 5.88. The van der Waals surface area contributed by atoms with Gasteiger partial charge >= 0.3 is 0 Å². The third kappa shape index (κ3) is 3.25. The molecule has 2 aromatic heterocycles. The maximum absolute atomic E-state index is 13.6. The van der Waals surface area contributed by atoms with Gasteiger partial charge < -0.3 is 9.88 Å². The van der Waals surface area contributed by atoms with E-state index in [-0.39, 0.29) is 11.6 Å². The van der Waals surface area contributed by atoms with Crippen molar-refractivity contribution in [1.29, 1.82) is 5.26 Å². The number of nitriles is 1. The van der Waals surface area contributed by atoms with Crippen molar-refractivity contribution in [3.63, 3.8) is 0 Å². The zero-order valence-corrected chi connectivity index (χ0v) is 16.7. The topological polar surface area (TPSA) is 83.6 Å². The Morgan fingerprint density at radius 1 is 1.34 bits per heavy atom. The van der Waals surface area contributed by atoms with Crippen molar-refractivity contribution in [2.45, 2.75) is 45.2 Å². The Labute approximate surface area is 168 Å². The van der Waals surface area contributed by atoms with Gasteiger partial charge in [0, 0.05) is 12.3 Å². The highest BCUT2D eigenvalue weighted by Gasteiger charge is 2.45. The Balaban J connectivity index is 1.80. The van der Waals surface area contributed by atoms with Crippen LogP contribution in [-0.2, 0) is 5.54 Å². The molecule has 0 aliphatic heterocycles. The van der Waals surface area contributed by atoms with E-state index >= 15 is 0 Å². The highest BCUT2D eigenvalue weighted by Crippen LogP contribution is 2.43. The first-order chi connectivity index (χ1) is 13.9. The van der Waals surface area contributed by atoms with Crippen LogP contribution in [0.25, 0.3) is 10.9 Å². The molecule has 1 aliphatic rings. The fraction of sp³-hybridized carbons (Fsp3) is 0.364. The van der Waals surface area contributed by atoms with E-state index in [0.29, 0.717) is 41.0 Å². The van der Waals surface area contributed by atoms with Gasteiger partial charge in [0.2, 0.25) is 0 Å².